The van der Waals surface area contributed by atoms with Crippen LogP contribution in [0.3, 0.4) is 0 Å². The minimum absolute atomic E-state index is 0.158. The van der Waals surface area contributed by atoms with Gasteiger partial charge in [0.15, 0.2) is 0 Å². The molecule has 0 aliphatic heterocycles. The van der Waals surface area contributed by atoms with Crippen LogP contribution in [-0.4, -0.2) is 30.3 Å². The van der Waals surface area contributed by atoms with Crippen molar-refractivity contribution >= 4 is 22.4 Å². The monoisotopic (exact) mass is 293 g/mol. The highest BCUT2D eigenvalue weighted by atomic mass is 32.1. The topological polar surface area (TPSA) is 73.3 Å². The van der Waals surface area contributed by atoms with Gasteiger partial charge in [0.05, 0.1) is 13.5 Å². The normalized spacial score (nSPS) is 10.3. The predicted molar refractivity (Wildman–Crippen MR) is 75.9 cm³/mol. The zero-order chi connectivity index (χ0) is 14.4. The smallest absolute Gasteiger partial charge is 0.230 e. The lowest BCUT2D eigenvalue weighted by atomic mass is 10.1. The summed E-state index contributed by atoms with van der Waals surface area (Å²) in [7, 11) is 3.17. The van der Waals surface area contributed by atoms with Crippen LogP contribution in [0.25, 0.3) is 0 Å². The molecular weight excluding hydrogens is 278 g/mol. The van der Waals surface area contributed by atoms with Crippen molar-refractivity contribution < 1.29 is 14.3 Å². The van der Waals surface area contributed by atoms with Gasteiger partial charge in [-0.2, -0.15) is 0 Å². The Morgan fingerprint density at radius 2 is 2.10 bits per heavy atom. The number of anilines is 1. The molecule has 0 saturated heterocycles. The molecule has 2 aromatic rings. The van der Waals surface area contributed by atoms with Crippen LogP contribution in [0.5, 0.6) is 5.75 Å². The number of ether oxygens (including phenoxy) is 2. The van der Waals surface area contributed by atoms with Crippen LogP contribution in [0.1, 0.15) is 10.6 Å². The number of aromatic nitrogens is 2. The second-order valence-corrected chi connectivity index (χ2v) is 5.03. The Morgan fingerprint density at radius 3 is 2.85 bits per heavy atom. The van der Waals surface area contributed by atoms with Crippen molar-refractivity contribution in [3.63, 3.8) is 0 Å². The number of amides is 1. The van der Waals surface area contributed by atoms with Crippen LogP contribution in [0.2, 0.25) is 0 Å². The van der Waals surface area contributed by atoms with Crippen molar-refractivity contribution in [2.45, 2.75) is 13.0 Å². The van der Waals surface area contributed by atoms with Crippen LogP contribution < -0.4 is 10.1 Å². The number of hydrogen-bond donors (Lipinski definition) is 1. The molecule has 0 atom stereocenters. The van der Waals surface area contributed by atoms with Crippen LogP contribution in [-0.2, 0) is 22.6 Å². The summed E-state index contributed by atoms with van der Waals surface area (Å²) in [5.74, 6) is 0.537. The fourth-order valence-corrected chi connectivity index (χ4v) is 2.40. The fraction of sp³-hybridized carbons (Fsp3) is 0.308. The summed E-state index contributed by atoms with van der Waals surface area (Å²) in [5, 5.41) is 11.7. The van der Waals surface area contributed by atoms with Crippen molar-refractivity contribution in [1.82, 2.24) is 10.2 Å². The van der Waals surface area contributed by atoms with E-state index < -0.39 is 0 Å². The van der Waals surface area contributed by atoms with Gasteiger partial charge >= 0.3 is 0 Å². The summed E-state index contributed by atoms with van der Waals surface area (Å²) in [5.41, 5.74) is 0.828. The van der Waals surface area contributed by atoms with Crippen LogP contribution in [0, 0.1) is 0 Å². The first-order valence-corrected chi connectivity index (χ1v) is 6.77. The molecule has 6 nitrogen and oxygen atoms in total. The lowest BCUT2D eigenvalue weighted by Gasteiger charge is -2.07. The van der Waals surface area contributed by atoms with Crippen molar-refractivity contribution in [2.24, 2.45) is 0 Å². The number of nitrogens with zero attached hydrogens (tertiary/aromatic N) is 2. The van der Waals surface area contributed by atoms with Crippen LogP contribution in [0.4, 0.5) is 5.13 Å². The first kappa shape index (κ1) is 14.4. The highest BCUT2D eigenvalue weighted by molar-refractivity contribution is 7.15. The molecule has 1 aromatic heterocycles. The molecule has 0 saturated carbocycles. The van der Waals surface area contributed by atoms with Gasteiger partial charge in [0.25, 0.3) is 0 Å². The molecule has 0 unspecified atom stereocenters. The Balaban J connectivity index is 1.97. The van der Waals surface area contributed by atoms with E-state index in [9.17, 15) is 4.79 Å². The van der Waals surface area contributed by atoms with Gasteiger partial charge in [0.1, 0.15) is 17.4 Å². The van der Waals surface area contributed by atoms with Gasteiger partial charge in [-0.25, -0.2) is 0 Å². The van der Waals surface area contributed by atoms with Gasteiger partial charge in [-0.3, -0.25) is 4.79 Å². The number of carbonyl (C=O) groups excluding carboxylic acids is 1. The standard InChI is InChI=1S/C13H15N3O3S/c1-18-8-12-15-16-13(20-12)14-11(17)7-9-5-3-4-6-10(9)19-2/h3-6H,7-8H2,1-2H3,(H,14,16,17). The molecule has 0 bridgehead atoms. The second-order valence-electron chi connectivity index (χ2n) is 3.97. The minimum atomic E-state index is -0.158. The van der Waals surface area contributed by atoms with Crippen LogP contribution >= 0.6 is 11.3 Å². The molecule has 1 amide bonds. The number of nitrogens with one attached hydrogen (secondary N) is 1. The van der Waals surface area contributed by atoms with Crippen molar-refractivity contribution in [3.05, 3.63) is 34.8 Å². The number of hydrogen-bond acceptors (Lipinski definition) is 6. The Bertz CT molecular complexity index is 586. The highest BCUT2D eigenvalue weighted by Crippen LogP contribution is 2.19. The molecule has 0 radical (unpaired) electrons. The SMILES string of the molecule is COCc1nnc(NC(=O)Cc2ccccc2OC)s1. The lowest BCUT2D eigenvalue weighted by molar-refractivity contribution is -0.115. The minimum Gasteiger partial charge on any atom is -0.496 e. The fourth-order valence-electron chi connectivity index (χ4n) is 1.67. The van der Waals surface area contributed by atoms with E-state index in [-0.39, 0.29) is 12.3 Å². The van der Waals surface area contributed by atoms with Crippen molar-refractivity contribution in [3.8, 4) is 5.75 Å². The lowest BCUT2D eigenvalue weighted by Crippen LogP contribution is -2.14. The van der Waals surface area contributed by atoms with Gasteiger partial charge in [0, 0.05) is 12.7 Å². The van der Waals surface area contributed by atoms with E-state index in [0.717, 1.165) is 10.6 Å². The summed E-state index contributed by atoms with van der Waals surface area (Å²) in [6, 6.07) is 7.41. The van der Waals surface area contributed by atoms with E-state index in [2.05, 4.69) is 15.5 Å². The summed E-state index contributed by atoms with van der Waals surface area (Å²) < 4.78 is 10.2. The van der Waals surface area contributed by atoms with Gasteiger partial charge in [-0.15, -0.1) is 10.2 Å². The van der Waals surface area contributed by atoms with E-state index >= 15 is 0 Å². The van der Waals surface area contributed by atoms with Crippen molar-refractivity contribution in [1.29, 1.82) is 0 Å². The number of carbonyl (C=O) groups is 1. The largest absolute Gasteiger partial charge is 0.496 e. The molecule has 0 fully saturated rings. The number of benzene rings is 1. The maximum Gasteiger partial charge on any atom is 0.230 e. The number of rotatable bonds is 6. The highest BCUT2D eigenvalue weighted by Gasteiger charge is 2.11. The predicted octanol–water partition coefficient (Wildman–Crippen LogP) is 1.87. The Hall–Kier alpha value is -1.99. The Morgan fingerprint density at radius 1 is 1.30 bits per heavy atom. The van der Waals surface area contributed by atoms with Gasteiger partial charge in [0.2, 0.25) is 11.0 Å². The molecule has 2 rings (SSSR count). The third kappa shape index (κ3) is 3.75. The zero-order valence-corrected chi connectivity index (χ0v) is 12.1. The van der Waals surface area contributed by atoms with Crippen LogP contribution in [0.15, 0.2) is 24.3 Å². The van der Waals surface area contributed by atoms with E-state index in [1.165, 1.54) is 11.3 Å². The maximum atomic E-state index is 12.0. The Labute approximate surface area is 120 Å². The third-order valence-electron chi connectivity index (χ3n) is 2.52. The van der Waals surface area contributed by atoms with E-state index in [1.54, 1.807) is 14.2 Å². The van der Waals surface area contributed by atoms with Gasteiger partial charge < -0.3 is 14.8 Å². The molecular formula is C13H15N3O3S. The van der Waals surface area contributed by atoms with Gasteiger partial charge in [-0.1, -0.05) is 29.5 Å². The Kier molecular flexibility index (Phi) is 5.03. The summed E-state index contributed by atoms with van der Waals surface area (Å²) in [6.45, 7) is 0.389. The number of para-hydroxylation sites is 1. The molecule has 1 N–H and O–H groups in total. The molecule has 1 aromatic carbocycles. The first-order valence-electron chi connectivity index (χ1n) is 5.96. The second kappa shape index (κ2) is 6.97. The molecule has 20 heavy (non-hydrogen) atoms. The van der Waals surface area contributed by atoms with Crippen molar-refractivity contribution in [2.75, 3.05) is 19.5 Å². The summed E-state index contributed by atoms with van der Waals surface area (Å²) in [4.78, 5) is 12.0. The van der Waals surface area contributed by atoms with E-state index in [1.807, 2.05) is 24.3 Å². The average Bonchev–Trinajstić information content (AvgIpc) is 2.87. The molecule has 0 spiro atoms. The molecule has 0 aliphatic rings. The van der Waals surface area contributed by atoms with E-state index in [0.29, 0.717) is 17.5 Å². The maximum absolute atomic E-state index is 12.0. The van der Waals surface area contributed by atoms with E-state index in [4.69, 9.17) is 9.47 Å². The zero-order valence-electron chi connectivity index (χ0n) is 11.3. The third-order valence-corrected chi connectivity index (χ3v) is 3.34. The first-order chi connectivity index (χ1) is 9.72. The summed E-state index contributed by atoms with van der Waals surface area (Å²) in [6.07, 6.45) is 0.225. The molecule has 7 heteroatoms. The van der Waals surface area contributed by atoms with Gasteiger partial charge in [-0.05, 0) is 6.07 Å². The number of methoxy groups -OCH3 is 2. The quantitative estimate of drug-likeness (QED) is 0.880. The molecule has 1 heterocycles. The molecule has 0 aliphatic carbocycles. The average molecular weight is 293 g/mol. The summed E-state index contributed by atoms with van der Waals surface area (Å²) >= 11 is 1.30. The molecule has 106 valence electrons.